The fourth-order valence-corrected chi connectivity index (χ4v) is 2.57. The number of rotatable bonds is 8. The number of sulfonamides is 1. The average molecular weight is 273 g/mol. The van der Waals surface area contributed by atoms with Crippen LogP contribution in [0.2, 0.25) is 0 Å². The van der Waals surface area contributed by atoms with Gasteiger partial charge < -0.3 is 5.32 Å². The van der Waals surface area contributed by atoms with Crippen molar-refractivity contribution in [3.05, 3.63) is 0 Å². The highest BCUT2D eigenvalue weighted by Crippen LogP contribution is 2.01. The van der Waals surface area contributed by atoms with Gasteiger partial charge in [0.2, 0.25) is 10.0 Å². The van der Waals surface area contributed by atoms with Crippen molar-refractivity contribution in [3.63, 3.8) is 0 Å². The van der Waals surface area contributed by atoms with Gasteiger partial charge in [0.15, 0.2) is 0 Å². The molecular formula is C10H25ClN2O2S. The normalized spacial score (nSPS) is 13.6. The Balaban J connectivity index is 0. The molecule has 0 heterocycles. The van der Waals surface area contributed by atoms with Crippen molar-refractivity contribution in [1.82, 2.24) is 10.0 Å². The summed E-state index contributed by atoms with van der Waals surface area (Å²) in [7, 11) is -3.08. The molecule has 16 heavy (non-hydrogen) atoms. The third-order valence-corrected chi connectivity index (χ3v) is 3.51. The van der Waals surface area contributed by atoms with Crippen LogP contribution in [0.15, 0.2) is 0 Å². The van der Waals surface area contributed by atoms with E-state index in [0.29, 0.717) is 18.9 Å². The van der Waals surface area contributed by atoms with Crippen LogP contribution in [0.4, 0.5) is 0 Å². The summed E-state index contributed by atoms with van der Waals surface area (Å²) in [5, 5.41) is 3.16. The van der Waals surface area contributed by atoms with E-state index >= 15 is 0 Å². The van der Waals surface area contributed by atoms with Gasteiger partial charge in [0, 0.05) is 12.6 Å². The lowest BCUT2D eigenvalue weighted by Crippen LogP contribution is -2.39. The largest absolute Gasteiger partial charge is 0.313 e. The lowest BCUT2D eigenvalue weighted by molar-refractivity contribution is 0.529. The van der Waals surface area contributed by atoms with Crippen LogP contribution in [0, 0.1) is 5.92 Å². The topological polar surface area (TPSA) is 58.2 Å². The molecule has 0 rings (SSSR count). The van der Waals surface area contributed by atoms with E-state index < -0.39 is 10.0 Å². The fourth-order valence-electron chi connectivity index (χ4n) is 1.14. The van der Waals surface area contributed by atoms with Gasteiger partial charge in [-0.2, -0.15) is 0 Å². The Kier molecular flexibility index (Phi) is 10.7. The molecule has 0 radical (unpaired) electrons. The molecule has 4 nitrogen and oxygen atoms in total. The van der Waals surface area contributed by atoms with E-state index in [1.54, 1.807) is 0 Å². The van der Waals surface area contributed by atoms with Crippen LogP contribution >= 0.6 is 12.4 Å². The molecular weight excluding hydrogens is 248 g/mol. The maximum absolute atomic E-state index is 11.5. The summed E-state index contributed by atoms with van der Waals surface area (Å²) in [6.07, 6.45) is 0.713. The molecule has 0 aromatic carbocycles. The smallest absolute Gasteiger partial charge is 0.211 e. The van der Waals surface area contributed by atoms with E-state index in [1.165, 1.54) is 0 Å². The predicted molar refractivity (Wildman–Crippen MR) is 71.6 cm³/mol. The SMILES string of the molecule is CCN[C@H](C)CNS(=O)(=O)CCC(C)C.Cl. The van der Waals surface area contributed by atoms with E-state index in [-0.39, 0.29) is 24.2 Å². The molecule has 0 aliphatic rings. The Morgan fingerprint density at radius 3 is 2.19 bits per heavy atom. The highest BCUT2D eigenvalue weighted by Gasteiger charge is 2.11. The van der Waals surface area contributed by atoms with Crippen LogP contribution in [0.5, 0.6) is 0 Å². The number of likely N-dealkylation sites (N-methyl/N-ethyl adjacent to an activating group) is 1. The standard InChI is InChI=1S/C10H24N2O2S.ClH/c1-5-11-10(4)8-12-15(13,14)7-6-9(2)3;/h9-12H,5-8H2,1-4H3;1H/t10-;/m1./s1. The van der Waals surface area contributed by atoms with Gasteiger partial charge in [0.25, 0.3) is 0 Å². The minimum absolute atomic E-state index is 0. The molecule has 0 amide bonds. The summed E-state index contributed by atoms with van der Waals surface area (Å²) in [6, 6.07) is 0.184. The molecule has 0 aliphatic carbocycles. The van der Waals surface area contributed by atoms with E-state index in [4.69, 9.17) is 0 Å². The van der Waals surface area contributed by atoms with E-state index in [1.807, 2.05) is 27.7 Å². The molecule has 1 atom stereocenters. The highest BCUT2D eigenvalue weighted by molar-refractivity contribution is 7.89. The summed E-state index contributed by atoms with van der Waals surface area (Å²) in [6.45, 7) is 9.34. The fraction of sp³-hybridized carbons (Fsp3) is 1.00. The van der Waals surface area contributed by atoms with Gasteiger partial charge >= 0.3 is 0 Å². The van der Waals surface area contributed by atoms with Crippen molar-refractivity contribution in [2.24, 2.45) is 5.92 Å². The van der Waals surface area contributed by atoms with Gasteiger partial charge in [-0.1, -0.05) is 20.8 Å². The first-order chi connectivity index (χ1) is 6.87. The zero-order valence-electron chi connectivity index (χ0n) is 10.6. The Morgan fingerprint density at radius 2 is 1.75 bits per heavy atom. The Morgan fingerprint density at radius 1 is 1.19 bits per heavy atom. The molecule has 0 saturated carbocycles. The zero-order chi connectivity index (χ0) is 11.9. The van der Waals surface area contributed by atoms with Gasteiger partial charge in [-0.25, -0.2) is 13.1 Å². The Labute approximate surface area is 106 Å². The van der Waals surface area contributed by atoms with E-state index in [9.17, 15) is 8.42 Å². The third-order valence-electron chi connectivity index (χ3n) is 2.13. The highest BCUT2D eigenvalue weighted by atomic mass is 35.5. The van der Waals surface area contributed by atoms with Gasteiger partial charge in [-0.05, 0) is 25.8 Å². The molecule has 6 heteroatoms. The number of hydrogen-bond donors (Lipinski definition) is 2. The summed E-state index contributed by atoms with van der Waals surface area (Å²) < 4.78 is 25.6. The molecule has 0 fully saturated rings. The van der Waals surface area contributed by atoms with Crippen molar-refractivity contribution in [2.75, 3.05) is 18.8 Å². The molecule has 0 aliphatic heterocycles. The zero-order valence-corrected chi connectivity index (χ0v) is 12.2. The minimum Gasteiger partial charge on any atom is -0.313 e. The molecule has 0 saturated heterocycles. The van der Waals surface area contributed by atoms with E-state index in [0.717, 1.165) is 6.54 Å². The first-order valence-corrected chi connectivity index (χ1v) is 7.23. The van der Waals surface area contributed by atoms with Crippen LogP contribution in [0.3, 0.4) is 0 Å². The van der Waals surface area contributed by atoms with Gasteiger partial charge in [0.1, 0.15) is 0 Å². The number of halogens is 1. The summed E-state index contributed by atoms with van der Waals surface area (Å²) in [5.41, 5.74) is 0. The molecule has 0 aromatic rings. The van der Waals surface area contributed by atoms with Gasteiger partial charge in [0.05, 0.1) is 5.75 Å². The maximum Gasteiger partial charge on any atom is 0.211 e. The summed E-state index contributed by atoms with van der Waals surface area (Å²) in [5.74, 6) is 0.650. The lowest BCUT2D eigenvalue weighted by Gasteiger charge is -2.13. The van der Waals surface area contributed by atoms with Crippen molar-refractivity contribution < 1.29 is 8.42 Å². The molecule has 0 aromatic heterocycles. The predicted octanol–water partition coefficient (Wildman–Crippen LogP) is 1.37. The summed E-state index contributed by atoms with van der Waals surface area (Å²) >= 11 is 0. The number of nitrogens with one attached hydrogen (secondary N) is 2. The molecule has 100 valence electrons. The second-order valence-electron chi connectivity index (χ2n) is 4.31. The Hall–Kier alpha value is 0.160. The Bertz CT molecular complexity index is 256. The van der Waals surface area contributed by atoms with Crippen LogP contribution < -0.4 is 10.0 Å². The first kappa shape index (κ1) is 18.5. The maximum atomic E-state index is 11.5. The third kappa shape index (κ3) is 10.7. The van der Waals surface area contributed by atoms with Gasteiger partial charge in [-0.15, -0.1) is 12.4 Å². The first-order valence-electron chi connectivity index (χ1n) is 5.58. The van der Waals surface area contributed by atoms with Gasteiger partial charge in [-0.3, -0.25) is 0 Å². The molecule has 2 N–H and O–H groups in total. The van der Waals surface area contributed by atoms with Crippen LogP contribution in [-0.4, -0.2) is 33.3 Å². The second-order valence-corrected chi connectivity index (χ2v) is 6.24. The average Bonchev–Trinajstić information content (AvgIpc) is 2.13. The molecule has 0 spiro atoms. The summed E-state index contributed by atoms with van der Waals surface area (Å²) in [4.78, 5) is 0. The van der Waals surface area contributed by atoms with Crippen molar-refractivity contribution >= 4 is 22.4 Å². The quantitative estimate of drug-likeness (QED) is 0.702. The minimum atomic E-state index is -3.08. The van der Waals surface area contributed by atoms with Crippen molar-refractivity contribution in [2.45, 2.75) is 40.2 Å². The van der Waals surface area contributed by atoms with Crippen LogP contribution in [-0.2, 0) is 10.0 Å². The van der Waals surface area contributed by atoms with Crippen LogP contribution in [0.25, 0.3) is 0 Å². The van der Waals surface area contributed by atoms with E-state index in [2.05, 4.69) is 10.0 Å². The number of hydrogen-bond acceptors (Lipinski definition) is 3. The van der Waals surface area contributed by atoms with Crippen molar-refractivity contribution in [1.29, 1.82) is 0 Å². The second kappa shape index (κ2) is 9.22. The van der Waals surface area contributed by atoms with Crippen LogP contribution in [0.1, 0.15) is 34.1 Å². The molecule has 0 unspecified atom stereocenters. The lowest BCUT2D eigenvalue weighted by atomic mass is 10.2. The monoisotopic (exact) mass is 272 g/mol. The molecule has 0 bridgehead atoms. The van der Waals surface area contributed by atoms with Crippen molar-refractivity contribution in [3.8, 4) is 0 Å².